The molecule has 0 aliphatic carbocycles. The van der Waals surface area contributed by atoms with Crippen LogP contribution in [0.2, 0.25) is 19.6 Å². The maximum absolute atomic E-state index is 2.47. The fraction of sp³-hybridized carbons (Fsp3) is 0.303. The first-order valence-electron chi connectivity index (χ1n) is 13.0. The summed E-state index contributed by atoms with van der Waals surface area (Å²) in [5.41, 5.74) is 7.00. The van der Waals surface area contributed by atoms with Gasteiger partial charge in [-0.15, -0.1) is 0 Å². The lowest BCUT2D eigenvalue weighted by molar-refractivity contribution is -0.659. The lowest BCUT2D eigenvalue weighted by Gasteiger charge is -2.31. The van der Waals surface area contributed by atoms with Crippen molar-refractivity contribution in [2.75, 3.05) is 0 Å². The van der Waals surface area contributed by atoms with Crippen LogP contribution >= 0.6 is 11.8 Å². The van der Waals surface area contributed by atoms with E-state index in [0.29, 0.717) is 0 Å². The molecular formula is C33H36NSSi+. The second-order valence-corrected chi connectivity index (χ2v) is 18.9. The van der Waals surface area contributed by atoms with Crippen LogP contribution in [-0.4, -0.2) is 8.07 Å². The first kappa shape index (κ1) is 23.8. The molecule has 0 bridgehead atoms. The van der Waals surface area contributed by atoms with Crippen LogP contribution in [0.3, 0.4) is 0 Å². The normalized spacial score (nSPS) is 13.6. The van der Waals surface area contributed by atoms with Crippen molar-refractivity contribution in [2.45, 2.75) is 69.5 Å². The topological polar surface area (TPSA) is 3.88 Å². The Kier molecular flexibility index (Phi) is 5.08. The highest BCUT2D eigenvalue weighted by Crippen LogP contribution is 2.54. The van der Waals surface area contributed by atoms with E-state index in [-0.39, 0.29) is 5.41 Å². The Bertz CT molecular complexity index is 1750. The molecule has 1 nitrogen and oxygen atoms in total. The summed E-state index contributed by atoms with van der Waals surface area (Å²) in [7, 11) is 0.819. The molecule has 0 radical (unpaired) electrons. The van der Waals surface area contributed by atoms with Gasteiger partial charge in [-0.05, 0) is 58.0 Å². The van der Waals surface area contributed by atoms with Crippen molar-refractivity contribution in [1.82, 2.24) is 0 Å². The first-order chi connectivity index (χ1) is 16.9. The van der Waals surface area contributed by atoms with E-state index in [9.17, 15) is 0 Å². The first-order valence-corrected chi connectivity index (χ1v) is 17.3. The Hall–Kier alpha value is -2.62. The average molecular weight is 507 g/mol. The highest BCUT2D eigenvalue weighted by atomic mass is 32.2. The third kappa shape index (κ3) is 3.39. The highest BCUT2D eigenvalue weighted by Gasteiger charge is 2.35. The van der Waals surface area contributed by atoms with Gasteiger partial charge < -0.3 is 0 Å². The van der Waals surface area contributed by atoms with Crippen molar-refractivity contribution in [2.24, 2.45) is 7.05 Å². The molecule has 0 fully saturated rings. The van der Waals surface area contributed by atoms with Gasteiger partial charge in [-0.2, -0.15) is 0 Å². The van der Waals surface area contributed by atoms with Gasteiger partial charge in [-0.25, -0.2) is 4.57 Å². The van der Waals surface area contributed by atoms with Gasteiger partial charge in [0.1, 0.15) is 7.05 Å². The Balaban J connectivity index is 1.81. The molecule has 0 atom stereocenters. The summed E-state index contributed by atoms with van der Waals surface area (Å²) in [5.74, 6) is 0. The van der Waals surface area contributed by atoms with Crippen LogP contribution in [0.15, 0.2) is 64.5 Å². The summed E-state index contributed by atoms with van der Waals surface area (Å²) in [5, 5.41) is 9.83. The van der Waals surface area contributed by atoms with Crippen LogP contribution in [0.4, 0.5) is 0 Å². The van der Waals surface area contributed by atoms with E-state index >= 15 is 0 Å². The van der Waals surface area contributed by atoms with Gasteiger partial charge >= 0.3 is 0 Å². The number of pyridine rings is 1. The Morgan fingerprint density at radius 3 is 2.22 bits per heavy atom. The van der Waals surface area contributed by atoms with Crippen LogP contribution in [-0.2, 0) is 12.5 Å². The predicted octanol–water partition coefficient (Wildman–Crippen LogP) is 8.56. The van der Waals surface area contributed by atoms with Crippen LogP contribution in [0.5, 0.6) is 0 Å². The van der Waals surface area contributed by atoms with E-state index in [4.69, 9.17) is 0 Å². The molecule has 0 saturated heterocycles. The van der Waals surface area contributed by atoms with Gasteiger partial charge in [0.25, 0.3) is 0 Å². The van der Waals surface area contributed by atoms with Gasteiger partial charge in [0.2, 0.25) is 5.69 Å². The van der Waals surface area contributed by atoms with Gasteiger partial charge in [0.15, 0.2) is 6.20 Å². The van der Waals surface area contributed by atoms with E-state index < -0.39 is 8.07 Å². The summed E-state index contributed by atoms with van der Waals surface area (Å²) >= 11 is 2.00. The molecule has 5 aromatic rings. The number of aromatic nitrogens is 1. The molecule has 0 N–H and O–H groups in total. The second-order valence-electron chi connectivity index (χ2n) is 12.7. The monoisotopic (exact) mass is 506 g/mol. The summed E-state index contributed by atoms with van der Waals surface area (Å²) < 4.78 is 2.35. The van der Waals surface area contributed by atoms with Gasteiger partial charge in [0.05, 0.1) is 19.0 Å². The zero-order chi connectivity index (χ0) is 25.7. The number of hydrogen-bond acceptors (Lipinski definition) is 1. The molecule has 4 aromatic carbocycles. The van der Waals surface area contributed by atoms with Crippen LogP contribution in [0.25, 0.3) is 43.6 Å². The number of fused-ring (bicyclic) bond motifs is 5. The minimum atomic E-state index is -1.40. The van der Waals surface area contributed by atoms with Crippen LogP contribution in [0, 0.1) is 13.8 Å². The third-order valence-electron chi connectivity index (χ3n) is 7.94. The van der Waals surface area contributed by atoms with E-state index in [1.807, 2.05) is 11.8 Å². The Labute approximate surface area is 220 Å². The molecular weight excluding hydrogens is 471 g/mol. The van der Waals surface area contributed by atoms with Gasteiger partial charge in [-0.1, -0.05) is 99.3 Å². The van der Waals surface area contributed by atoms with E-state index in [1.165, 1.54) is 75.2 Å². The van der Waals surface area contributed by atoms with Crippen molar-refractivity contribution in [3.63, 3.8) is 0 Å². The minimum absolute atomic E-state index is 0.0319. The number of aryl methyl sites for hydroxylation is 3. The summed E-state index contributed by atoms with van der Waals surface area (Å²) in [6, 6.07) is 19.1. The van der Waals surface area contributed by atoms with Crippen molar-refractivity contribution in [3.8, 4) is 11.3 Å². The van der Waals surface area contributed by atoms with Gasteiger partial charge in [-0.3, -0.25) is 0 Å². The SMILES string of the molecule is Cc1ccc2c(C(C)(C)C)c3c(c(C)c2c1)-c1c2c(cc4cc([Si](C)(C)C)ccc4c2cc[n+]1C)S3. The Morgan fingerprint density at radius 1 is 0.806 bits per heavy atom. The molecule has 36 heavy (non-hydrogen) atoms. The molecule has 6 rings (SSSR count). The largest absolute Gasteiger partial charge is 0.222 e. The third-order valence-corrected chi connectivity index (χ3v) is 11.1. The zero-order valence-electron chi connectivity index (χ0n) is 23.1. The summed E-state index contributed by atoms with van der Waals surface area (Å²) in [4.78, 5) is 2.83. The van der Waals surface area contributed by atoms with Crippen molar-refractivity contribution in [3.05, 3.63) is 71.4 Å². The van der Waals surface area contributed by atoms with E-state index in [0.717, 1.165) is 0 Å². The van der Waals surface area contributed by atoms with E-state index in [2.05, 4.69) is 121 Å². The standard InChI is InChI=1S/C33H36NSSi/c1-19-10-12-25-26(16-19)20(2)28-31-29-24(14-15-34(31)6)23-13-11-22(36(7,8)9)17-21(23)18-27(29)35-32(28)30(25)33(3,4)5/h10-18H,1-9H3/q+1. The predicted molar refractivity (Wildman–Crippen MR) is 161 cm³/mol. The maximum Gasteiger partial charge on any atom is 0.222 e. The molecule has 3 heteroatoms. The minimum Gasteiger partial charge on any atom is -0.200 e. The number of benzene rings is 4. The molecule has 1 aromatic heterocycles. The van der Waals surface area contributed by atoms with Gasteiger partial charge in [0, 0.05) is 21.2 Å². The van der Waals surface area contributed by atoms with Crippen LogP contribution < -0.4 is 9.75 Å². The lowest BCUT2D eigenvalue weighted by Crippen LogP contribution is -2.37. The molecule has 1 aliphatic rings. The summed E-state index contributed by atoms with van der Waals surface area (Å²) in [6.07, 6.45) is 2.27. The zero-order valence-corrected chi connectivity index (χ0v) is 24.9. The number of hydrogen-bond donors (Lipinski definition) is 0. The molecule has 2 heterocycles. The number of nitrogens with zero attached hydrogens (tertiary/aromatic N) is 1. The fourth-order valence-corrected chi connectivity index (χ4v) is 8.85. The van der Waals surface area contributed by atoms with Crippen molar-refractivity contribution in [1.29, 1.82) is 0 Å². The smallest absolute Gasteiger partial charge is 0.200 e. The molecule has 1 aliphatic heterocycles. The molecule has 0 amide bonds. The highest BCUT2D eigenvalue weighted by molar-refractivity contribution is 8.00. The lowest BCUT2D eigenvalue weighted by atomic mass is 9.79. The average Bonchev–Trinajstić information content (AvgIpc) is 2.79. The van der Waals surface area contributed by atoms with E-state index in [1.54, 1.807) is 0 Å². The maximum atomic E-state index is 2.47. The molecule has 0 unspecified atom stereocenters. The molecule has 0 saturated carbocycles. The molecule has 0 spiro atoms. The quantitative estimate of drug-likeness (QED) is 0.123. The van der Waals surface area contributed by atoms with Crippen LogP contribution in [0.1, 0.15) is 37.5 Å². The fourth-order valence-electron chi connectivity index (χ4n) is 6.09. The molecule has 182 valence electrons. The van der Waals surface area contributed by atoms with Crippen molar-refractivity contribution < 1.29 is 4.57 Å². The number of rotatable bonds is 1. The summed E-state index contributed by atoms with van der Waals surface area (Å²) in [6.45, 7) is 19.0. The van der Waals surface area contributed by atoms with Crippen molar-refractivity contribution >= 4 is 57.3 Å². The second kappa shape index (κ2) is 7.69. The Morgan fingerprint density at radius 2 is 1.53 bits per heavy atom.